The average molecular weight is 208 g/mol. The van der Waals surface area contributed by atoms with E-state index in [4.69, 9.17) is 5.11 Å². The molecule has 0 aliphatic heterocycles. The normalized spacial score (nSPS) is 8.60. The van der Waals surface area contributed by atoms with Gasteiger partial charge in [0.1, 0.15) is 5.65 Å². The van der Waals surface area contributed by atoms with E-state index in [9.17, 15) is 0 Å². The Morgan fingerprint density at radius 1 is 1.20 bits per heavy atom. The summed E-state index contributed by atoms with van der Waals surface area (Å²) in [5.74, 6) is 0. The predicted octanol–water partition coefficient (Wildman–Crippen LogP) is 2.88. The van der Waals surface area contributed by atoms with Crippen molar-refractivity contribution in [2.45, 2.75) is 34.3 Å². The SMILES string of the molecule is CC.CC.OCc1cn2ccccc2n1. The molecular weight excluding hydrogens is 188 g/mol. The minimum absolute atomic E-state index is 0.00167. The summed E-state index contributed by atoms with van der Waals surface area (Å²) in [5.41, 5.74) is 1.58. The molecule has 0 radical (unpaired) electrons. The van der Waals surface area contributed by atoms with Crippen LogP contribution in [0.3, 0.4) is 0 Å². The van der Waals surface area contributed by atoms with Crippen LogP contribution in [0.2, 0.25) is 0 Å². The summed E-state index contributed by atoms with van der Waals surface area (Å²) < 4.78 is 1.88. The van der Waals surface area contributed by atoms with Gasteiger partial charge in [0, 0.05) is 12.4 Å². The lowest BCUT2D eigenvalue weighted by Gasteiger charge is -1.86. The molecule has 2 rings (SSSR count). The van der Waals surface area contributed by atoms with Crippen molar-refractivity contribution >= 4 is 5.65 Å². The lowest BCUT2D eigenvalue weighted by molar-refractivity contribution is 0.277. The van der Waals surface area contributed by atoms with Gasteiger partial charge in [0.05, 0.1) is 12.3 Å². The fourth-order valence-corrected chi connectivity index (χ4v) is 1.06. The molecule has 0 unspecified atom stereocenters. The third kappa shape index (κ3) is 3.72. The Bertz CT molecular complexity index is 335. The largest absolute Gasteiger partial charge is 0.390 e. The Kier molecular flexibility index (Phi) is 7.28. The van der Waals surface area contributed by atoms with Crippen LogP contribution >= 0.6 is 0 Å². The molecule has 0 aromatic carbocycles. The molecule has 2 heterocycles. The number of aromatic nitrogens is 2. The highest BCUT2D eigenvalue weighted by molar-refractivity contribution is 5.39. The fourth-order valence-electron chi connectivity index (χ4n) is 1.06. The molecule has 0 aliphatic rings. The summed E-state index contributed by atoms with van der Waals surface area (Å²) in [5, 5.41) is 8.76. The van der Waals surface area contributed by atoms with Crippen molar-refractivity contribution in [2.75, 3.05) is 0 Å². The van der Waals surface area contributed by atoms with Gasteiger partial charge in [-0.25, -0.2) is 4.98 Å². The summed E-state index contributed by atoms with van der Waals surface area (Å²) in [6.07, 6.45) is 3.72. The smallest absolute Gasteiger partial charge is 0.137 e. The number of rotatable bonds is 1. The van der Waals surface area contributed by atoms with Crippen molar-refractivity contribution in [3.8, 4) is 0 Å². The number of imidazole rings is 1. The number of aliphatic hydroxyl groups is 1. The zero-order valence-electron chi connectivity index (χ0n) is 9.94. The molecule has 2 aromatic heterocycles. The molecule has 0 saturated heterocycles. The van der Waals surface area contributed by atoms with E-state index in [0.29, 0.717) is 5.69 Å². The van der Waals surface area contributed by atoms with E-state index in [1.165, 1.54) is 0 Å². The first-order chi connectivity index (χ1) is 7.40. The second kappa shape index (κ2) is 8.00. The summed E-state index contributed by atoms with van der Waals surface area (Å²) >= 11 is 0. The Balaban J connectivity index is 0.000000442. The molecule has 0 atom stereocenters. The van der Waals surface area contributed by atoms with Gasteiger partial charge in [0.2, 0.25) is 0 Å². The molecule has 0 aliphatic carbocycles. The third-order valence-electron chi connectivity index (χ3n) is 1.58. The molecule has 0 spiro atoms. The van der Waals surface area contributed by atoms with Gasteiger partial charge in [-0.2, -0.15) is 0 Å². The van der Waals surface area contributed by atoms with E-state index in [2.05, 4.69) is 4.98 Å². The van der Waals surface area contributed by atoms with Crippen molar-refractivity contribution in [1.29, 1.82) is 0 Å². The standard InChI is InChI=1S/C8H8N2O.2C2H6/c11-6-7-5-10-4-2-1-3-8(10)9-7;2*1-2/h1-5,11H,6H2;2*1-2H3. The van der Waals surface area contributed by atoms with Gasteiger partial charge in [0.15, 0.2) is 0 Å². The van der Waals surface area contributed by atoms with Crippen LogP contribution in [0.4, 0.5) is 0 Å². The molecule has 0 amide bonds. The summed E-state index contributed by atoms with van der Waals surface area (Å²) in [6, 6.07) is 5.75. The first-order valence-corrected chi connectivity index (χ1v) is 5.43. The highest BCUT2D eigenvalue weighted by Gasteiger charge is 1.96. The summed E-state index contributed by atoms with van der Waals surface area (Å²) in [7, 11) is 0. The van der Waals surface area contributed by atoms with E-state index in [-0.39, 0.29) is 6.61 Å². The first kappa shape index (κ1) is 13.7. The van der Waals surface area contributed by atoms with Gasteiger partial charge >= 0.3 is 0 Å². The number of hydrogen-bond acceptors (Lipinski definition) is 2. The molecule has 1 N–H and O–H groups in total. The monoisotopic (exact) mass is 208 g/mol. The number of nitrogens with zero attached hydrogens (tertiary/aromatic N) is 2. The Morgan fingerprint density at radius 3 is 2.40 bits per heavy atom. The van der Waals surface area contributed by atoms with Crippen molar-refractivity contribution < 1.29 is 5.11 Å². The van der Waals surface area contributed by atoms with Crippen LogP contribution in [0.1, 0.15) is 33.4 Å². The van der Waals surface area contributed by atoms with E-state index < -0.39 is 0 Å². The third-order valence-corrected chi connectivity index (χ3v) is 1.58. The predicted molar refractivity (Wildman–Crippen MR) is 63.8 cm³/mol. The highest BCUT2D eigenvalue weighted by Crippen LogP contribution is 2.03. The van der Waals surface area contributed by atoms with Crippen LogP contribution < -0.4 is 0 Å². The molecule has 15 heavy (non-hydrogen) atoms. The minimum Gasteiger partial charge on any atom is -0.390 e. The van der Waals surface area contributed by atoms with Crippen molar-refractivity contribution in [1.82, 2.24) is 9.38 Å². The van der Waals surface area contributed by atoms with Crippen molar-refractivity contribution in [3.63, 3.8) is 0 Å². The molecule has 0 bridgehead atoms. The van der Waals surface area contributed by atoms with Gasteiger partial charge < -0.3 is 9.51 Å². The van der Waals surface area contributed by atoms with Crippen LogP contribution in [-0.2, 0) is 6.61 Å². The van der Waals surface area contributed by atoms with Gasteiger partial charge in [-0.1, -0.05) is 33.8 Å². The topological polar surface area (TPSA) is 37.5 Å². The molecule has 3 nitrogen and oxygen atoms in total. The van der Waals surface area contributed by atoms with Crippen molar-refractivity contribution in [2.24, 2.45) is 0 Å². The van der Waals surface area contributed by atoms with E-state index in [1.807, 2.05) is 62.7 Å². The fraction of sp³-hybridized carbons (Fsp3) is 0.417. The maximum Gasteiger partial charge on any atom is 0.137 e. The Morgan fingerprint density at radius 2 is 1.87 bits per heavy atom. The van der Waals surface area contributed by atoms with Gasteiger partial charge in [0.25, 0.3) is 0 Å². The van der Waals surface area contributed by atoms with Crippen LogP contribution in [0, 0.1) is 0 Å². The van der Waals surface area contributed by atoms with E-state index >= 15 is 0 Å². The lowest BCUT2D eigenvalue weighted by Crippen LogP contribution is -1.78. The highest BCUT2D eigenvalue weighted by atomic mass is 16.3. The molecule has 3 heteroatoms. The van der Waals surface area contributed by atoms with Gasteiger partial charge in [-0.3, -0.25) is 0 Å². The number of pyridine rings is 1. The molecule has 2 aromatic rings. The number of hydrogen-bond donors (Lipinski definition) is 1. The second-order valence-corrected chi connectivity index (χ2v) is 2.36. The average Bonchev–Trinajstić information content (AvgIpc) is 2.77. The van der Waals surface area contributed by atoms with Gasteiger partial charge in [-0.15, -0.1) is 0 Å². The maximum absolute atomic E-state index is 8.76. The summed E-state index contributed by atoms with van der Waals surface area (Å²) in [4.78, 5) is 4.14. The second-order valence-electron chi connectivity index (χ2n) is 2.36. The van der Waals surface area contributed by atoms with Crippen LogP contribution in [-0.4, -0.2) is 14.5 Å². The van der Waals surface area contributed by atoms with E-state index in [1.54, 1.807) is 0 Å². The van der Waals surface area contributed by atoms with Crippen LogP contribution in [0.15, 0.2) is 30.6 Å². The zero-order chi connectivity index (χ0) is 11.7. The molecule has 0 fully saturated rings. The first-order valence-electron chi connectivity index (χ1n) is 5.43. The quantitative estimate of drug-likeness (QED) is 0.782. The van der Waals surface area contributed by atoms with Crippen molar-refractivity contribution in [3.05, 3.63) is 36.3 Å². The van der Waals surface area contributed by atoms with Crippen LogP contribution in [0.25, 0.3) is 5.65 Å². The molecule has 0 saturated carbocycles. The minimum atomic E-state index is 0.00167. The Hall–Kier alpha value is -1.35. The lowest BCUT2D eigenvalue weighted by atomic mass is 10.5. The Labute approximate surface area is 91.4 Å². The maximum atomic E-state index is 8.76. The van der Waals surface area contributed by atoms with Crippen LogP contribution in [0.5, 0.6) is 0 Å². The summed E-state index contributed by atoms with van der Waals surface area (Å²) in [6.45, 7) is 8.00. The number of aliphatic hydroxyl groups excluding tert-OH is 1. The molecule has 84 valence electrons. The molecular formula is C12H20N2O. The number of fused-ring (bicyclic) bond motifs is 1. The van der Waals surface area contributed by atoms with Gasteiger partial charge in [-0.05, 0) is 12.1 Å². The zero-order valence-corrected chi connectivity index (χ0v) is 9.94. The van der Waals surface area contributed by atoms with E-state index in [0.717, 1.165) is 5.65 Å².